The van der Waals surface area contributed by atoms with Gasteiger partial charge in [0.15, 0.2) is 0 Å². The minimum atomic E-state index is -0.936. The molecule has 0 aliphatic rings. The number of benzene rings is 1. The zero-order chi connectivity index (χ0) is 13.2. The first-order valence-electron chi connectivity index (χ1n) is 5.84. The fourth-order valence-corrected chi connectivity index (χ4v) is 2.02. The molecule has 2 heterocycles. The van der Waals surface area contributed by atoms with Crippen molar-refractivity contribution in [3.8, 4) is 11.1 Å². The van der Waals surface area contributed by atoms with Gasteiger partial charge in [-0.1, -0.05) is 30.3 Å². The van der Waals surface area contributed by atoms with Crippen LogP contribution in [0.25, 0.3) is 22.2 Å². The molecule has 1 aromatic carbocycles. The molecule has 0 amide bonds. The molecule has 3 aromatic rings. The minimum absolute atomic E-state index is 0.171. The first-order valence-corrected chi connectivity index (χ1v) is 5.84. The number of aromatic amines is 1. The van der Waals surface area contributed by atoms with Crippen LogP contribution in [0.3, 0.4) is 0 Å². The predicted octanol–water partition coefficient (Wildman–Crippen LogP) is 2.25. The molecule has 3 rings (SSSR count). The molecule has 0 aliphatic heterocycles. The summed E-state index contributed by atoms with van der Waals surface area (Å²) in [6.45, 7) is 0. The summed E-state index contributed by atoms with van der Waals surface area (Å²) in [5.74, 6) is -0.629. The molecule has 19 heavy (non-hydrogen) atoms. The van der Waals surface area contributed by atoms with Gasteiger partial charge >= 0.3 is 5.97 Å². The molecule has 0 unspecified atom stereocenters. The average molecular weight is 253 g/mol. The Kier molecular flexibility index (Phi) is 2.72. The Morgan fingerprint density at radius 1 is 1.26 bits per heavy atom. The highest BCUT2D eigenvalue weighted by molar-refractivity contribution is 5.93. The number of fused-ring (bicyclic) bond motifs is 1. The number of carboxylic acid groups (broad SMARTS) is 1. The number of rotatable bonds is 3. The highest BCUT2D eigenvalue weighted by atomic mass is 16.4. The lowest BCUT2D eigenvalue weighted by Gasteiger charge is -1.99. The van der Waals surface area contributed by atoms with Crippen molar-refractivity contribution >= 4 is 17.0 Å². The van der Waals surface area contributed by atoms with E-state index in [1.807, 2.05) is 36.5 Å². The van der Waals surface area contributed by atoms with Crippen molar-refractivity contribution < 1.29 is 9.90 Å². The lowest BCUT2D eigenvalue weighted by molar-refractivity contribution is -0.136. The fourth-order valence-electron chi connectivity index (χ4n) is 2.02. The van der Waals surface area contributed by atoms with E-state index in [4.69, 9.17) is 5.11 Å². The van der Waals surface area contributed by atoms with Crippen LogP contribution < -0.4 is 0 Å². The maximum absolute atomic E-state index is 10.6. The van der Waals surface area contributed by atoms with Crippen molar-refractivity contribution in [2.75, 3.05) is 0 Å². The van der Waals surface area contributed by atoms with E-state index in [0.29, 0.717) is 11.5 Å². The van der Waals surface area contributed by atoms with Gasteiger partial charge in [0.05, 0.1) is 0 Å². The van der Waals surface area contributed by atoms with Crippen LogP contribution in [-0.2, 0) is 11.2 Å². The van der Waals surface area contributed by atoms with Crippen molar-refractivity contribution in [2.24, 2.45) is 0 Å². The Morgan fingerprint density at radius 2 is 2.05 bits per heavy atom. The molecule has 0 bridgehead atoms. The third-order valence-electron chi connectivity index (χ3n) is 2.88. The van der Waals surface area contributed by atoms with Crippen molar-refractivity contribution in [2.45, 2.75) is 6.42 Å². The zero-order valence-corrected chi connectivity index (χ0v) is 10.00. The maximum Gasteiger partial charge on any atom is 0.311 e. The van der Waals surface area contributed by atoms with E-state index in [2.05, 4.69) is 15.0 Å². The molecule has 0 saturated carbocycles. The standard InChI is InChI=1S/C14H11N3O2/c18-13(19)6-12-15-8-11-10(7-16-14(11)17-12)9-4-2-1-3-5-9/h1-5,7-8H,6H2,(H,18,19)(H,15,16,17). The zero-order valence-electron chi connectivity index (χ0n) is 10.00. The highest BCUT2D eigenvalue weighted by Gasteiger charge is 2.10. The fraction of sp³-hybridized carbons (Fsp3) is 0.0714. The molecule has 0 atom stereocenters. The van der Waals surface area contributed by atoms with Gasteiger partial charge < -0.3 is 10.1 Å². The molecule has 0 spiro atoms. The Bertz CT molecular complexity index is 735. The number of hydrogen-bond acceptors (Lipinski definition) is 3. The molecule has 5 heteroatoms. The topological polar surface area (TPSA) is 78.9 Å². The molecule has 0 radical (unpaired) electrons. The molecule has 0 aliphatic carbocycles. The smallest absolute Gasteiger partial charge is 0.311 e. The SMILES string of the molecule is O=C(O)Cc1ncc2c(-c3ccccc3)c[nH]c2n1. The summed E-state index contributed by atoms with van der Waals surface area (Å²) < 4.78 is 0. The second kappa shape index (κ2) is 4.53. The third-order valence-corrected chi connectivity index (χ3v) is 2.88. The van der Waals surface area contributed by atoms with Crippen LogP contribution in [0.15, 0.2) is 42.7 Å². The van der Waals surface area contributed by atoms with Crippen LogP contribution in [0.1, 0.15) is 5.82 Å². The van der Waals surface area contributed by atoms with E-state index in [0.717, 1.165) is 16.5 Å². The molecule has 0 fully saturated rings. The van der Waals surface area contributed by atoms with Gasteiger partial charge in [-0.05, 0) is 5.56 Å². The number of aliphatic carboxylic acids is 1. The second-order valence-electron chi connectivity index (χ2n) is 4.19. The summed E-state index contributed by atoms with van der Waals surface area (Å²) >= 11 is 0. The number of hydrogen-bond donors (Lipinski definition) is 2. The highest BCUT2D eigenvalue weighted by Crippen LogP contribution is 2.26. The van der Waals surface area contributed by atoms with Gasteiger partial charge in [-0.2, -0.15) is 0 Å². The largest absolute Gasteiger partial charge is 0.481 e. The molecule has 2 aromatic heterocycles. The summed E-state index contributed by atoms with van der Waals surface area (Å²) in [4.78, 5) is 22.0. The normalized spacial score (nSPS) is 10.7. The quantitative estimate of drug-likeness (QED) is 0.750. The number of H-pyrrole nitrogens is 1. The van der Waals surface area contributed by atoms with E-state index in [1.54, 1.807) is 6.20 Å². The molecule has 94 valence electrons. The molecule has 0 saturated heterocycles. The summed E-state index contributed by atoms with van der Waals surface area (Å²) in [5, 5.41) is 9.62. The number of carboxylic acids is 1. The molecular weight excluding hydrogens is 242 g/mol. The number of nitrogens with zero attached hydrogens (tertiary/aromatic N) is 2. The van der Waals surface area contributed by atoms with Crippen molar-refractivity contribution in [3.63, 3.8) is 0 Å². The Morgan fingerprint density at radius 3 is 2.79 bits per heavy atom. The van der Waals surface area contributed by atoms with Crippen LogP contribution in [0.2, 0.25) is 0 Å². The van der Waals surface area contributed by atoms with Crippen LogP contribution in [0.5, 0.6) is 0 Å². The van der Waals surface area contributed by atoms with Crippen LogP contribution in [-0.4, -0.2) is 26.0 Å². The van der Waals surface area contributed by atoms with E-state index in [9.17, 15) is 4.79 Å². The van der Waals surface area contributed by atoms with Crippen LogP contribution in [0.4, 0.5) is 0 Å². The summed E-state index contributed by atoms with van der Waals surface area (Å²) in [6.07, 6.45) is 3.36. The van der Waals surface area contributed by atoms with Crippen LogP contribution >= 0.6 is 0 Å². The number of nitrogens with one attached hydrogen (secondary N) is 1. The van der Waals surface area contributed by atoms with Gasteiger partial charge in [-0.15, -0.1) is 0 Å². The monoisotopic (exact) mass is 253 g/mol. The van der Waals surface area contributed by atoms with Gasteiger partial charge in [0, 0.05) is 23.3 Å². The minimum Gasteiger partial charge on any atom is -0.481 e. The van der Waals surface area contributed by atoms with Crippen molar-refractivity contribution in [1.82, 2.24) is 15.0 Å². The van der Waals surface area contributed by atoms with Gasteiger partial charge in [0.25, 0.3) is 0 Å². The van der Waals surface area contributed by atoms with Gasteiger partial charge in [-0.25, -0.2) is 9.97 Å². The first-order chi connectivity index (χ1) is 9.24. The Labute approximate surface area is 109 Å². The second-order valence-corrected chi connectivity index (χ2v) is 4.19. The van der Waals surface area contributed by atoms with Gasteiger partial charge in [0.1, 0.15) is 17.9 Å². The predicted molar refractivity (Wildman–Crippen MR) is 70.7 cm³/mol. The number of carbonyl (C=O) groups is 1. The number of aromatic nitrogens is 3. The molecule has 2 N–H and O–H groups in total. The third kappa shape index (κ3) is 2.18. The lowest BCUT2D eigenvalue weighted by atomic mass is 10.1. The van der Waals surface area contributed by atoms with Crippen molar-refractivity contribution in [1.29, 1.82) is 0 Å². The molecule has 5 nitrogen and oxygen atoms in total. The summed E-state index contributed by atoms with van der Waals surface area (Å²) in [7, 11) is 0. The van der Waals surface area contributed by atoms with Crippen LogP contribution in [0, 0.1) is 0 Å². The van der Waals surface area contributed by atoms with E-state index >= 15 is 0 Å². The first kappa shape index (κ1) is 11.4. The Hall–Kier alpha value is -2.69. The van der Waals surface area contributed by atoms with E-state index < -0.39 is 5.97 Å². The van der Waals surface area contributed by atoms with Gasteiger partial charge in [-0.3, -0.25) is 4.79 Å². The average Bonchev–Trinajstić information content (AvgIpc) is 2.82. The maximum atomic E-state index is 10.6. The summed E-state index contributed by atoms with van der Waals surface area (Å²) in [6, 6.07) is 9.91. The van der Waals surface area contributed by atoms with Crippen molar-refractivity contribution in [3.05, 3.63) is 48.5 Å². The summed E-state index contributed by atoms with van der Waals surface area (Å²) in [5.41, 5.74) is 2.74. The Balaban J connectivity index is 2.08. The van der Waals surface area contributed by atoms with E-state index in [1.165, 1.54) is 0 Å². The van der Waals surface area contributed by atoms with Gasteiger partial charge in [0.2, 0.25) is 0 Å². The molecular formula is C14H11N3O2. The van der Waals surface area contributed by atoms with E-state index in [-0.39, 0.29) is 6.42 Å². The lowest BCUT2D eigenvalue weighted by Crippen LogP contribution is -2.04.